The average Bonchev–Trinajstić information content (AvgIpc) is 2.45. The summed E-state index contributed by atoms with van der Waals surface area (Å²) in [5.74, 6) is 0.126. The minimum Gasteiger partial charge on any atom is -0.384 e. The zero-order valence-electron chi connectivity index (χ0n) is 11.5. The predicted octanol–water partition coefficient (Wildman–Crippen LogP) is 1.33. The van der Waals surface area contributed by atoms with Crippen LogP contribution in [0.25, 0.3) is 0 Å². The summed E-state index contributed by atoms with van der Waals surface area (Å²) in [7, 11) is 1.61. The Balaban J connectivity index is 1.99. The van der Waals surface area contributed by atoms with Crippen molar-refractivity contribution in [2.45, 2.75) is 19.4 Å². The van der Waals surface area contributed by atoms with Gasteiger partial charge in [0.1, 0.15) is 6.10 Å². The Hall–Kier alpha value is -1.46. The van der Waals surface area contributed by atoms with E-state index in [1.165, 1.54) is 0 Å². The first-order chi connectivity index (χ1) is 9.20. The van der Waals surface area contributed by atoms with E-state index in [-0.39, 0.29) is 12.0 Å². The molecule has 0 spiro atoms. The zero-order valence-corrected chi connectivity index (χ0v) is 11.5. The molecule has 1 saturated heterocycles. The summed E-state index contributed by atoms with van der Waals surface area (Å²) >= 11 is 0. The van der Waals surface area contributed by atoms with E-state index in [4.69, 9.17) is 9.47 Å². The van der Waals surface area contributed by atoms with Crippen LogP contribution in [-0.4, -0.2) is 49.2 Å². The highest BCUT2D eigenvalue weighted by molar-refractivity contribution is 5.76. The van der Waals surface area contributed by atoms with E-state index < -0.39 is 0 Å². The summed E-state index contributed by atoms with van der Waals surface area (Å²) in [5.41, 5.74) is 2.04. The van der Waals surface area contributed by atoms with Crippen LogP contribution in [0.4, 0.5) is 0 Å². The van der Waals surface area contributed by atoms with Gasteiger partial charge in [0.2, 0.25) is 5.91 Å². The lowest BCUT2D eigenvalue weighted by Crippen LogP contribution is -2.42. The maximum atomic E-state index is 12.0. The van der Waals surface area contributed by atoms with E-state index in [1.807, 2.05) is 24.0 Å². The SMILES string of the molecule is COCCC(=O)N1CCO[C@@H](c2ccnc(C)c2)C1. The molecule has 2 rings (SSSR count). The van der Waals surface area contributed by atoms with Crippen molar-refractivity contribution in [3.63, 3.8) is 0 Å². The van der Waals surface area contributed by atoms with Crippen LogP contribution in [0.3, 0.4) is 0 Å². The van der Waals surface area contributed by atoms with E-state index in [0.717, 1.165) is 11.3 Å². The van der Waals surface area contributed by atoms with Crippen LogP contribution in [0.15, 0.2) is 18.3 Å². The fourth-order valence-electron chi connectivity index (χ4n) is 2.19. The van der Waals surface area contributed by atoms with Crippen LogP contribution < -0.4 is 0 Å². The van der Waals surface area contributed by atoms with Crippen molar-refractivity contribution in [1.82, 2.24) is 9.88 Å². The fraction of sp³-hybridized carbons (Fsp3) is 0.571. The normalized spacial score (nSPS) is 19.5. The molecule has 0 radical (unpaired) electrons. The van der Waals surface area contributed by atoms with E-state index >= 15 is 0 Å². The molecule has 1 aromatic heterocycles. The molecule has 1 aliphatic rings. The molecule has 0 saturated carbocycles. The molecule has 0 aromatic carbocycles. The van der Waals surface area contributed by atoms with Crippen molar-refractivity contribution in [3.8, 4) is 0 Å². The summed E-state index contributed by atoms with van der Waals surface area (Å²) < 4.78 is 10.7. The zero-order chi connectivity index (χ0) is 13.7. The molecule has 0 N–H and O–H groups in total. The number of aryl methyl sites for hydroxylation is 1. The lowest BCUT2D eigenvalue weighted by atomic mass is 10.1. The number of amides is 1. The summed E-state index contributed by atoms with van der Waals surface area (Å²) in [5, 5.41) is 0. The molecule has 0 bridgehead atoms. The minimum absolute atomic E-state index is 0.0538. The highest BCUT2D eigenvalue weighted by Gasteiger charge is 2.25. The lowest BCUT2D eigenvalue weighted by molar-refractivity contribution is -0.139. The summed E-state index contributed by atoms with van der Waals surface area (Å²) in [6.45, 7) is 4.25. The molecule has 1 amide bonds. The maximum Gasteiger partial charge on any atom is 0.225 e. The van der Waals surface area contributed by atoms with Crippen LogP contribution in [0.1, 0.15) is 23.8 Å². The van der Waals surface area contributed by atoms with Crippen molar-refractivity contribution in [1.29, 1.82) is 0 Å². The number of carbonyl (C=O) groups is 1. The Morgan fingerprint density at radius 3 is 3.21 bits per heavy atom. The highest BCUT2D eigenvalue weighted by atomic mass is 16.5. The van der Waals surface area contributed by atoms with Gasteiger partial charge in [-0.2, -0.15) is 0 Å². The summed E-state index contributed by atoms with van der Waals surface area (Å²) in [4.78, 5) is 18.0. The van der Waals surface area contributed by atoms with Gasteiger partial charge < -0.3 is 14.4 Å². The molecule has 2 heterocycles. The number of rotatable bonds is 4. The molecule has 5 nitrogen and oxygen atoms in total. The van der Waals surface area contributed by atoms with Gasteiger partial charge in [0.05, 0.1) is 26.2 Å². The number of carbonyl (C=O) groups excluding carboxylic acids is 1. The third-order valence-electron chi connectivity index (χ3n) is 3.23. The second-order valence-corrected chi connectivity index (χ2v) is 4.67. The monoisotopic (exact) mass is 264 g/mol. The Labute approximate surface area is 113 Å². The van der Waals surface area contributed by atoms with Gasteiger partial charge >= 0.3 is 0 Å². The Morgan fingerprint density at radius 2 is 2.47 bits per heavy atom. The Bertz CT molecular complexity index is 436. The van der Waals surface area contributed by atoms with Crippen molar-refractivity contribution >= 4 is 5.91 Å². The maximum absolute atomic E-state index is 12.0. The molecule has 1 aliphatic heterocycles. The van der Waals surface area contributed by atoms with Gasteiger partial charge in [-0.3, -0.25) is 9.78 Å². The Kier molecular flexibility index (Phi) is 4.87. The standard InChI is InChI=1S/C14H20N2O3/c1-11-9-12(3-5-15-11)13-10-16(6-8-19-13)14(17)4-7-18-2/h3,5,9,13H,4,6-8,10H2,1-2H3/t13-/m1/s1. The molecular formula is C14H20N2O3. The average molecular weight is 264 g/mol. The summed E-state index contributed by atoms with van der Waals surface area (Å²) in [6.07, 6.45) is 2.15. The number of hydrogen-bond acceptors (Lipinski definition) is 4. The molecule has 1 aromatic rings. The van der Waals surface area contributed by atoms with Gasteiger partial charge in [0.15, 0.2) is 0 Å². The first kappa shape index (κ1) is 14.0. The van der Waals surface area contributed by atoms with E-state index in [1.54, 1.807) is 13.3 Å². The number of ether oxygens (including phenoxy) is 2. The van der Waals surface area contributed by atoms with Crippen LogP contribution in [0, 0.1) is 6.92 Å². The van der Waals surface area contributed by atoms with Crippen LogP contribution >= 0.6 is 0 Å². The molecule has 19 heavy (non-hydrogen) atoms. The first-order valence-electron chi connectivity index (χ1n) is 6.51. The van der Waals surface area contributed by atoms with Gasteiger partial charge in [0.25, 0.3) is 0 Å². The number of morpholine rings is 1. The molecule has 1 fully saturated rings. The summed E-state index contributed by atoms with van der Waals surface area (Å²) in [6, 6.07) is 3.95. The molecule has 1 atom stereocenters. The second kappa shape index (κ2) is 6.63. The van der Waals surface area contributed by atoms with Crippen LogP contribution in [0.5, 0.6) is 0 Å². The number of pyridine rings is 1. The predicted molar refractivity (Wildman–Crippen MR) is 70.7 cm³/mol. The van der Waals surface area contributed by atoms with Crippen molar-refractivity contribution in [3.05, 3.63) is 29.6 Å². The second-order valence-electron chi connectivity index (χ2n) is 4.67. The van der Waals surface area contributed by atoms with Gasteiger partial charge in [-0.25, -0.2) is 0 Å². The fourth-order valence-corrected chi connectivity index (χ4v) is 2.19. The van der Waals surface area contributed by atoms with E-state index in [0.29, 0.717) is 32.7 Å². The largest absolute Gasteiger partial charge is 0.384 e. The van der Waals surface area contributed by atoms with Crippen molar-refractivity contribution < 1.29 is 14.3 Å². The van der Waals surface area contributed by atoms with E-state index in [2.05, 4.69) is 4.98 Å². The quantitative estimate of drug-likeness (QED) is 0.823. The molecule has 5 heteroatoms. The van der Waals surface area contributed by atoms with Crippen LogP contribution in [0.2, 0.25) is 0 Å². The number of methoxy groups -OCH3 is 1. The third kappa shape index (κ3) is 3.75. The third-order valence-corrected chi connectivity index (χ3v) is 3.23. The lowest BCUT2D eigenvalue weighted by Gasteiger charge is -2.33. The van der Waals surface area contributed by atoms with Crippen molar-refractivity contribution in [2.75, 3.05) is 33.4 Å². The van der Waals surface area contributed by atoms with Gasteiger partial charge in [0, 0.05) is 25.5 Å². The molecular weight excluding hydrogens is 244 g/mol. The topological polar surface area (TPSA) is 51.7 Å². The van der Waals surface area contributed by atoms with Gasteiger partial charge in [-0.05, 0) is 24.6 Å². The first-order valence-corrected chi connectivity index (χ1v) is 6.51. The van der Waals surface area contributed by atoms with Crippen LogP contribution in [-0.2, 0) is 14.3 Å². The molecule has 0 aliphatic carbocycles. The van der Waals surface area contributed by atoms with Crippen molar-refractivity contribution in [2.24, 2.45) is 0 Å². The smallest absolute Gasteiger partial charge is 0.225 e. The molecule has 0 unspecified atom stereocenters. The molecule has 104 valence electrons. The van der Waals surface area contributed by atoms with Gasteiger partial charge in [-0.1, -0.05) is 0 Å². The minimum atomic E-state index is -0.0538. The van der Waals surface area contributed by atoms with Gasteiger partial charge in [-0.15, -0.1) is 0 Å². The highest BCUT2D eigenvalue weighted by Crippen LogP contribution is 2.22. The Morgan fingerprint density at radius 1 is 1.63 bits per heavy atom. The van der Waals surface area contributed by atoms with E-state index in [9.17, 15) is 4.79 Å². The number of nitrogens with zero attached hydrogens (tertiary/aromatic N) is 2. The number of hydrogen-bond donors (Lipinski definition) is 0. The number of aromatic nitrogens is 1.